The maximum atomic E-state index is 12.2. The minimum Gasteiger partial charge on any atom is -0.468 e. The molecule has 1 aromatic carbocycles. The van der Waals surface area contributed by atoms with Crippen molar-refractivity contribution in [1.29, 1.82) is 0 Å². The van der Waals surface area contributed by atoms with Gasteiger partial charge in [0.2, 0.25) is 0 Å². The first-order valence-corrected chi connectivity index (χ1v) is 5.89. The van der Waals surface area contributed by atoms with Crippen LogP contribution in [0.2, 0.25) is 0 Å². The summed E-state index contributed by atoms with van der Waals surface area (Å²) in [6.07, 6.45) is 2.73. The van der Waals surface area contributed by atoms with Crippen molar-refractivity contribution in [3.05, 3.63) is 48.0 Å². The number of ketones is 1. The van der Waals surface area contributed by atoms with Crippen LogP contribution in [0.4, 0.5) is 0 Å². The Balaban J connectivity index is 2.90. The first kappa shape index (κ1) is 14.2. The third-order valence-electron chi connectivity index (χ3n) is 2.80. The Morgan fingerprint density at radius 3 is 2.44 bits per heavy atom. The standard InChI is InChI=1S/C15H18O3/c1-4-5-6-13(15(17)18-3)14(16)12-9-7-11(2)8-10-12/h4,7-10,13H,1,5-6H2,2-3H3. The van der Waals surface area contributed by atoms with Gasteiger partial charge in [-0.1, -0.05) is 35.9 Å². The Kier molecular flexibility index (Phi) is 5.31. The molecule has 3 nitrogen and oxygen atoms in total. The summed E-state index contributed by atoms with van der Waals surface area (Å²) in [5.41, 5.74) is 1.62. The number of ether oxygens (including phenoxy) is 1. The number of esters is 1. The van der Waals surface area contributed by atoms with Gasteiger partial charge in [-0.15, -0.1) is 6.58 Å². The summed E-state index contributed by atoms with van der Waals surface area (Å²) in [5, 5.41) is 0. The van der Waals surface area contributed by atoms with E-state index in [2.05, 4.69) is 11.3 Å². The first-order valence-electron chi connectivity index (χ1n) is 5.89. The van der Waals surface area contributed by atoms with Crippen LogP contribution in [0.15, 0.2) is 36.9 Å². The molecule has 0 aliphatic heterocycles. The molecule has 0 radical (unpaired) electrons. The number of benzene rings is 1. The van der Waals surface area contributed by atoms with Crippen molar-refractivity contribution in [3.8, 4) is 0 Å². The Labute approximate surface area is 107 Å². The van der Waals surface area contributed by atoms with Gasteiger partial charge in [-0.2, -0.15) is 0 Å². The van der Waals surface area contributed by atoms with Gasteiger partial charge < -0.3 is 4.74 Å². The molecule has 0 heterocycles. The minimum absolute atomic E-state index is 0.191. The predicted molar refractivity (Wildman–Crippen MR) is 70.4 cm³/mol. The van der Waals surface area contributed by atoms with Crippen molar-refractivity contribution < 1.29 is 14.3 Å². The van der Waals surface area contributed by atoms with Crippen LogP contribution in [-0.4, -0.2) is 18.9 Å². The Bertz CT molecular complexity index is 432. The molecule has 1 atom stereocenters. The summed E-state index contributed by atoms with van der Waals surface area (Å²) in [4.78, 5) is 23.8. The number of hydrogen-bond donors (Lipinski definition) is 0. The fraction of sp³-hybridized carbons (Fsp3) is 0.333. The van der Waals surface area contributed by atoms with Gasteiger partial charge in [0.1, 0.15) is 5.92 Å². The predicted octanol–water partition coefficient (Wildman–Crippen LogP) is 2.93. The van der Waals surface area contributed by atoms with Gasteiger partial charge in [0, 0.05) is 5.56 Å². The van der Waals surface area contributed by atoms with Crippen molar-refractivity contribution >= 4 is 11.8 Å². The molecule has 0 spiro atoms. The van der Waals surface area contributed by atoms with E-state index in [-0.39, 0.29) is 5.78 Å². The van der Waals surface area contributed by atoms with Crippen molar-refractivity contribution in [2.75, 3.05) is 7.11 Å². The number of carbonyl (C=O) groups excluding carboxylic acids is 2. The molecule has 0 aliphatic carbocycles. The molecular formula is C15H18O3. The van der Waals surface area contributed by atoms with Crippen LogP contribution in [0, 0.1) is 12.8 Å². The van der Waals surface area contributed by atoms with Gasteiger partial charge >= 0.3 is 5.97 Å². The lowest BCUT2D eigenvalue weighted by Gasteiger charge is -2.12. The highest BCUT2D eigenvalue weighted by molar-refractivity contribution is 6.08. The number of methoxy groups -OCH3 is 1. The summed E-state index contributed by atoms with van der Waals surface area (Å²) < 4.78 is 4.68. The highest BCUT2D eigenvalue weighted by Crippen LogP contribution is 2.17. The van der Waals surface area contributed by atoms with Gasteiger partial charge in [-0.25, -0.2) is 0 Å². The fourth-order valence-electron chi connectivity index (χ4n) is 1.70. The summed E-state index contributed by atoms with van der Waals surface area (Å²) in [7, 11) is 1.30. The molecule has 96 valence electrons. The summed E-state index contributed by atoms with van der Waals surface area (Å²) in [6, 6.07) is 7.19. The molecule has 0 saturated carbocycles. The molecule has 1 aromatic rings. The molecule has 18 heavy (non-hydrogen) atoms. The summed E-state index contributed by atoms with van der Waals surface area (Å²) in [5.74, 6) is -1.41. The molecule has 1 unspecified atom stereocenters. The van der Waals surface area contributed by atoms with Crippen molar-refractivity contribution in [3.63, 3.8) is 0 Å². The zero-order valence-corrected chi connectivity index (χ0v) is 10.8. The SMILES string of the molecule is C=CCCC(C(=O)OC)C(=O)c1ccc(C)cc1. The Morgan fingerprint density at radius 1 is 1.33 bits per heavy atom. The van der Waals surface area contributed by atoms with Crippen LogP contribution in [0.3, 0.4) is 0 Å². The van der Waals surface area contributed by atoms with Crippen molar-refractivity contribution in [2.45, 2.75) is 19.8 Å². The maximum absolute atomic E-state index is 12.2. The van der Waals surface area contributed by atoms with Gasteiger partial charge in [0.15, 0.2) is 5.78 Å². The second-order valence-electron chi connectivity index (χ2n) is 4.17. The van der Waals surface area contributed by atoms with Crippen LogP contribution in [-0.2, 0) is 9.53 Å². The van der Waals surface area contributed by atoms with E-state index in [1.807, 2.05) is 19.1 Å². The highest BCUT2D eigenvalue weighted by Gasteiger charge is 2.27. The highest BCUT2D eigenvalue weighted by atomic mass is 16.5. The largest absolute Gasteiger partial charge is 0.468 e. The average molecular weight is 246 g/mol. The number of allylic oxidation sites excluding steroid dienone is 1. The number of carbonyl (C=O) groups is 2. The van der Waals surface area contributed by atoms with Crippen LogP contribution in [0.1, 0.15) is 28.8 Å². The topological polar surface area (TPSA) is 43.4 Å². The molecule has 0 saturated heterocycles. The Morgan fingerprint density at radius 2 is 1.94 bits per heavy atom. The molecule has 0 bridgehead atoms. The molecule has 0 aromatic heterocycles. The third kappa shape index (κ3) is 3.55. The summed E-state index contributed by atoms with van der Waals surface area (Å²) >= 11 is 0. The smallest absolute Gasteiger partial charge is 0.316 e. The van der Waals surface area contributed by atoms with E-state index < -0.39 is 11.9 Å². The van der Waals surface area contributed by atoms with E-state index in [9.17, 15) is 9.59 Å². The van der Waals surface area contributed by atoms with E-state index in [1.165, 1.54) is 7.11 Å². The lowest BCUT2D eigenvalue weighted by Crippen LogP contribution is -2.25. The van der Waals surface area contributed by atoms with Crippen LogP contribution < -0.4 is 0 Å². The van der Waals surface area contributed by atoms with Crippen LogP contribution in [0.25, 0.3) is 0 Å². The fourth-order valence-corrected chi connectivity index (χ4v) is 1.70. The number of hydrogen-bond acceptors (Lipinski definition) is 3. The van der Waals surface area contributed by atoms with E-state index in [4.69, 9.17) is 0 Å². The quantitative estimate of drug-likeness (QED) is 0.335. The van der Waals surface area contributed by atoms with E-state index in [1.54, 1.807) is 18.2 Å². The van der Waals surface area contributed by atoms with Crippen LogP contribution in [0.5, 0.6) is 0 Å². The molecule has 0 N–H and O–H groups in total. The normalized spacial score (nSPS) is 11.7. The Hall–Kier alpha value is -1.90. The summed E-state index contributed by atoms with van der Waals surface area (Å²) in [6.45, 7) is 5.55. The number of rotatable bonds is 6. The lowest BCUT2D eigenvalue weighted by molar-refractivity contribution is -0.143. The van der Waals surface area contributed by atoms with Gasteiger partial charge in [-0.3, -0.25) is 9.59 Å². The molecule has 0 amide bonds. The zero-order valence-electron chi connectivity index (χ0n) is 10.8. The minimum atomic E-state index is -0.740. The zero-order chi connectivity index (χ0) is 13.5. The maximum Gasteiger partial charge on any atom is 0.316 e. The van der Waals surface area contributed by atoms with Gasteiger partial charge in [-0.05, 0) is 19.8 Å². The molecule has 3 heteroatoms. The van der Waals surface area contributed by atoms with Crippen LogP contribution >= 0.6 is 0 Å². The van der Waals surface area contributed by atoms with E-state index >= 15 is 0 Å². The number of Topliss-reactive ketones (excluding diaryl/α,β-unsaturated/α-hetero) is 1. The first-order chi connectivity index (χ1) is 8.60. The van der Waals surface area contributed by atoms with E-state index in [0.29, 0.717) is 18.4 Å². The molecular weight excluding hydrogens is 228 g/mol. The second kappa shape index (κ2) is 6.74. The van der Waals surface area contributed by atoms with Crippen molar-refractivity contribution in [2.24, 2.45) is 5.92 Å². The molecule has 1 rings (SSSR count). The lowest BCUT2D eigenvalue weighted by atomic mass is 9.93. The average Bonchev–Trinajstić information content (AvgIpc) is 2.39. The molecule has 0 fully saturated rings. The monoisotopic (exact) mass is 246 g/mol. The van der Waals surface area contributed by atoms with Gasteiger partial charge in [0.25, 0.3) is 0 Å². The van der Waals surface area contributed by atoms with Crippen molar-refractivity contribution in [1.82, 2.24) is 0 Å². The molecule has 0 aliphatic rings. The second-order valence-corrected chi connectivity index (χ2v) is 4.17. The van der Waals surface area contributed by atoms with Gasteiger partial charge in [0.05, 0.1) is 7.11 Å². The third-order valence-corrected chi connectivity index (χ3v) is 2.80. The van der Waals surface area contributed by atoms with E-state index in [0.717, 1.165) is 5.56 Å². The number of aryl methyl sites for hydroxylation is 1.